The molecule has 0 bridgehead atoms. The molecular weight excluding hydrogens is 350 g/mol. The summed E-state index contributed by atoms with van der Waals surface area (Å²) >= 11 is 6.47. The first-order valence-electron chi connectivity index (χ1n) is 5.07. The Morgan fingerprint density at radius 3 is 2.52 bits per heavy atom. The minimum Gasteiger partial charge on any atom is -0.464 e. The highest BCUT2D eigenvalue weighted by Crippen LogP contribution is 2.32. The number of carboxylic acid groups (broad SMARTS) is 1. The van der Waals surface area contributed by atoms with Crippen LogP contribution in [0.3, 0.4) is 0 Å². The Hall–Kier alpha value is -1.78. The number of benzene rings is 1. The zero-order valence-electron chi connectivity index (χ0n) is 9.83. The van der Waals surface area contributed by atoms with Gasteiger partial charge in [0.2, 0.25) is 0 Å². The predicted octanol–water partition coefficient (Wildman–Crippen LogP) is 2.95. The molecule has 0 saturated heterocycles. The van der Waals surface area contributed by atoms with Gasteiger partial charge in [-0.25, -0.2) is 27.0 Å². The normalized spacial score (nSPS) is 11.4. The van der Waals surface area contributed by atoms with Gasteiger partial charge in [-0.2, -0.15) is 0 Å². The summed E-state index contributed by atoms with van der Waals surface area (Å²) in [6.45, 7) is 0. The summed E-state index contributed by atoms with van der Waals surface area (Å²) in [5.41, 5.74) is 1.13. The van der Waals surface area contributed by atoms with Gasteiger partial charge in [-0.3, -0.25) is 0 Å². The molecule has 0 fully saturated rings. The molecule has 0 radical (unpaired) electrons. The Morgan fingerprint density at radius 1 is 1.38 bits per heavy atom. The van der Waals surface area contributed by atoms with E-state index in [2.05, 4.69) is 4.98 Å². The highest BCUT2D eigenvalue weighted by molar-refractivity contribution is 7.93. The second-order valence-electron chi connectivity index (χ2n) is 3.58. The summed E-state index contributed by atoms with van der Waals surface area (Å²) in [6.07, 6.45) is -1.92. The third-order valence-corrected chi connectivity index (χ3v) is 5.02. The van der Waals surface area contributed by atoms with Crippen molar-refractivity contribution in [1.29, 1.82) is 0 Å². The second kappa shape index (κ2) is 5.54. The maximum Gasteiger partial charge on any atom is 0.427 e. The first kappa shape index (κ1) is 15.6. The van der Waals surface area contributed by atoms with Crippen molar-refractivity contribution < 1.29 is 27.1 Å². The van der Waals surface area contributed by atoms with Crippen molar-refractivity contribution in [2.75, 3.05) is 4.31 Å². The Morgan fingerprint density at radius 2 is 2.05 bits per heavy atom. The van der Waals surface area contributed by atoms with E-state index in [1.165, 1.54) is 0 Å². The van der Waals surface area contributed by atoms with Gasteiger partial charge >= 0.3 is 6.09 Å². The lowest BCUT2D eigenvalue weighted by atomic mass is 10.3. The van der Waals surface area contributed by atoms with Gasteiger partial charge in [-0.15, -0.1) is 15.6 Å². The van der Waals surface area contributed by atoms with Crippen LogP contribution in [0, 0.1) is 11.6 Å². The molecule has 21 heavy (non-hydrogen) atoms. The molecule has 0 aliphatic rings. The minimum atomic E-state index is -4.84. The molecule has 1 heterocycles. The highest BCUT2D eigenvalue weighted by atomic mass is 35.5. The van der Waals surface area contributed by atoms with Gasteiger partial charge in [-0.05, 0) is 12.1 Å². The van der Waals surface area contributed by atoms with E-state index in [0.29, 0.717) is 18.2 Å². The molecule has 0 spiro atoms. The number of anilines is 1. The summed E-state index contributed by atoms with van der Waals surface area (Å²) in [6, 6.07) is 1.64. The predicted molar refractivity (Wildman–Crippen MR) is 71.2 cm³/mol. The van der Waals surface area contributed by atoms with Crippen LogP contribution in [0.15, 0.2) is 28.6 Å². The minimum absolute atomic E-state index is 0.165. The fourth-order valence-corrected chi connectivity index (χ4v) is 3.62. The Bertz CT molecular complexity index is 809. The van der Waals surface area contributed by atoms with E-state index >= 15 is 0 Å². The first-order valence-corrected chi connectivity index (χ1v) is 7.77. The summed E-state index contributed by atoms with van der Waals surface area (Å²) in [5, 5.41) is 9.07. The average molecular weight is 355 g/mol. The Kier molecular flexibility index (Phi) is 4.12. The Balaban J connectivity index is 2.64. The number of carbonyl (C=O) groups is 1. The van der Waals surface area contributed by atoms with Gasteiger partial charge < -0.3 is 5.11 Å². The molecular formula is C10H5ClF2N2O4S2. The molecule has 0 atom stereocenters. The van der Waals surface area contributed by atoms with Crippen LogP contribution in [0.1, 0.15) is 0 Å². The molecule has 0 unspecified atom stereocenters. The van der Waals surface area contributed by atoms with Crippen molar-refractivity contribution >= 4 is 44.9 Å². The fraction of sp³-hybridized carbons (Fsp3) is 0. The highest BCUT2D eigenvalue weighted by Gasteiger charge is 2.36. The van der Waals surface area contributed by atoms with Crippen LogP contribution in [0.5, 0.6) is 0 Å². The van der Waals surface area contributed by atoms with E-state index in [-0.39, 0.29) is 8.64 Å². The van der Waals surface area contributed by atoms with Crippen molar-refractivity contribution in [1.82, 2.24) is 4.98 Å². The van der Waals surface area contributed by atoms with Gasteiger partial charge in [-0.1, -0.05) is 11.6 Å². The van der Waals surface area contributed by atoms with E-state index in [0.717, 1.165) is 16.8 Å². The number of aromatic nitrogens is 1. The standard InChI is InChI=1S/C10H5ClF2N2O4S2/c11-8-9(14-4-20-8)15(10(16)17)21(18,19)7-2-1-5(12)3-6(7)13/h1-4H,(H,16,17). The molecule has 1 N–H and O–H groups in total. The number of amides is 1. The zero-order chi connectivity index (χ0) is 15.8. The molecule has 6 nitrogen and oxygen atoms in total. The number of halogens is 3. The van der Waals surface area contributed by atoms with Gasteiger partial charge in [0.25, 0.3) is 10.0 Å². The lowest BCUT2D eigenvalue weighted by molar-refractivity contribution is 0.206. The van der Waals surface area contributed by atoms with Gasteiger partial charge in [0.15, 0.2) is 5.82 Å². The molecule has 2 rings (SSSR count). The Labute approximate surface area is 126 Å². The lowest BCUT2D eigenvalue weighted by Crippen LogP contribution is -2.36. The maximum atomic E-state index is 13.6. The number of rotatable bonds is 3. The van der Waals surface area contributed by atoms with Crippen LogP contribution in [-0.4, -0.2) is 24.6 Å². The van der Waals surface area contributed by atoms with Crippen LogP contribution in [0.25, 0.3) is 0 Å². The fourth-order valence-electron chi connectivity index (χ4n) is 1.45. The second-order valence-corrected chi connectivity index (χ2v) is 6.79. The largest absolute Gasteiger partial charge is 0.464 e. The molecule has 1 aromatic carbocycles. The van der Waals surface area contributed by atoms with E-state index in [9.17, 15) is 22.0 Å². The average Bonchev–Trinajstić information content (AvgIpc) is 2.74. The zero-order valence-corrected chi connectivity index (χ0v) is 12.2. The van der Waals surface area contributed by atoms with Crippen LogP contribution >= 0.6 is 22.9 Å². The number of hydrogen-bond acceptors (Lipinski definition) is 5. The van der Waals surface area contributed by atoms with Crippen molar-refractivity contribution in [3.63, 3.8) is 0 Å². The number of hydrogen-bond donors (Lipinski definition) is 1. The van der Waals surface area contributed by atoms with E-state index in [1.807, 2.05) is 0 Å². The molecule has 11 heteroatoms. The third-order valence-electron chi connectivity index (χ3n) is 2.29. The third kappa shape index (κ3) is 2.82. The SMILES string of the molecule is O=C(O)N(c1ncsc1Cl)S(=O)(=O)c1ccc(F)cc1F. The monoisotopic (exact) mass is 354 g/mol. The van der Waals surface area contributed by atoms with E-state index in [1.54, 1.807) is 0 Å². The van der Waals surface area contributed by atoms with Gasteiger partial charge in [0, 0.05) is 6.07 Å². The first-order chi connectivity index (χ1) is 9.75. The van der Waals surface area contributed by atoms with Gasteiger partial charge in [0.1, 0.15) is 20.9 Å². The summed E-state index contributed by atoms with van der Waals surface area (Å²) in [7, 11) is -4.84. The smallest absolute Gasteiger partial charge is 0.427 e. The van der Waals surface area contributed by atoms with Crippen molar-refractivity contribution in [3.8, 4) is 0 Å². The van der Waals surface area contributed by atoms with Crippen LogP contribution in [-0.2, 0) is 10.0 Å². The number of nitrogens with zero attached hydrogens (tertiary/aromatic N) is 2. The van der Waals surface area contributed by atoms with E-state index in [4.69, 9.17) is 16.7 Å². The van der Waals surface area contributed by atoms with Gasteiger partial charge in [0.05, 0.1) is 5.51 Å². The molecule has 0 aliphatic heterocycles. The summed E-state index contributed by atoms with van der Waals surface area (Å²) in [5.74, 6) is -2.99. The maximum absolute atomic E-state index is 13.6. The van der Waals surface area contributed by atoms with Crippen molar-refractivity contribution in [2.45, 2.75) is 4.90 Å². The quantitative estimate of drug-likeness (QED) is 0.915. The van der Waals surface area contributed by atoms with E-state index < -0.39 is 38.5 Å². The van der Waals surface area contributed by atoms with Crippen LogP contribution < -0.4 is 4.31 Å². The molecule has 0 aliphatic carbocycles. The van der Waals surface area contributed by atoms with Crippen molar-refractivity contribution in [2.24, 2.45) is 0 Å². The number of sulfonamides is 1. The summed E-state index contributed by atoms with van der Waals surface area (Å²) in [4.78, 5) is 13.7. The molecule has 2 aromatic rings. The lowest BCUT2D eigenvalue weighted by Gasteiger charge is -2.17. The molecule has 1 aromatic heterocycles. The van der Waals surface area contributed by atoms with Crippen LogP contribution in [0.2, 0.25) is 4.34 Å². The number of thiazole rings is 1. The molecule has 1 amide bonds. The molecule has 112 valence electrons. The summed E-state index contributed by atoms with van der Waals surface area (Å²) < 4.78 is 50.6. The van der Waals surface area contributed by atoms with Crippen molar-refractivity contribution in [3.05, 3.63) is 39.7 Å². The van der Waals surface area contributed by atoms with Crippen LogP contribution in [0.4, 0.5) is 19.4 Å². The topological polar surface area (TPSA) is 87.6 Å². The molecule has 0 saturated carbocycles.